The van der Waals surface area contributed by atoms with Crippen LogP contribution in [0.4, 0.5) is 5.82 Å². The number of hydrogen-bond donors (Lipinski definition) is 2. The van der Waals surface area contributed by atoms with Crippen molar-refractivity contribution >= 4 is 26.7 Å². The number of fused-ring (bicyclic) bond motifs is 1. The number of rotatable bonds is 4. The highest BCUT2D eigenvalue weighted by atomic mass is 32.2. The van der Waals surface area contributed by atoms with E-state index in [0.717, 1.165) is 17.4 Å². The third-order valence-electron chi connectivity index (χ3n) is 4.83. The largest absolute Gasteiger partial charge is 0.350 e. The van der Waals surface area contributed by atoms with Gasteiger partial charge in [0, 0.05) is 43.1 Å². The summed E-state index contributed by atoms with van der Waals surface area (Å²) in [7, 11) is -3.76. The van der Waals surface area contributed by atoms with Crippen LogP contribution in [-0.4, -0.2) is 42.5 Å². The second kappa shape index (κ2) is 7.33. The quantitative estimate of drug-likeness (QED) is 0.690. The van der Waals surface area contributed by atoms with Crippen LogP contribution in [0, 0.1) is 6.92 Å². The van der Waals surface area contributed by atoms with Crippen molar-refractivity contribution < 1.29 is 8.42 Å². The van der Waals surface area contributed by atoms with Gasteiger partial charge in [-0.15, -0.1) is 0 Å². The number of piperidine rings is 1. The number of pyridine rings is 1. The Balaban J connectivity index is 1.60. The van der Waals surface area contributed by atoms with Crippen molar-refractivity contribution in [3.63, 3.8) is 0 Å². The number of hydrogen-bond acceptors (Lipinski definition) is 6. The number of aryl methyl sites for hydroxylation is 1. The number of benzene rings is 1. The molecule has 1 saturated heterocycles. The first kappa shape index (κ1) is 18.6. The number of sulfonamides is 1. The lowest BCUT2D eigenvalue weighted by Gasteiger charge is -2.33. The van der Waals surface area contributed by atoms with Crippen LogP contribution in [0.1, 0.15) is 18.4 Å². The van der Waals surface area contributed by atoms with Gasteiger partial charge in [0.05, 0.1) is 5.52 Å². The molecule has 0 aliphatic carbocycles. The summed E-state index contributed by atoms with van der Waals surface area (Å²) in [6.07, 6.45) is 6.12. The zero-order valence-electron chi connectivity index (χ0n) is 15.4. The topological polar surface area (TPSA) is 108 Å². The van der Waals surface area contributed by atoms with Crippen LogP contribution < -0.4 is 15.2 Å². The monoisotopic (exact) mass is 399 g/mol. The molecule has 0 radical (unpaired) electrons. The molecule has 1 fully saturated rings. The smallest absolute Gasteiger partial charge is 0.290 e. The maximum Gasteiger partial charge on any atom is 0.290 e. The van der Waals surface area contributed by atoms with Crippen molar-refractivity contribution in [1.82, 2.24) is 19.7 Å². The van der Waals surface area contributed by atoms with Crippen LogP contribution in [0.2, 0.25) is 0 Å². The molecule has 0 saturated carbocycles. The van der Waals surface area contributed by atoms with E-state index in [2.05, 4.69) is 19.7 Å². The maximum absolute atomic E-state index is 13.1. The minimum absolute atomic E-state index is 0.165. The first-order valence-corrected chi connectivity index (χ1v) is 10.6. The summed E-state index contributed by atoms with van der Waals surface area (Å²) in [6.45, 7) is 2.96. The Labute approximate surface area is 162 Å². The molecule has 0 amide bonds. The number of H-pyrrole nitrogens is 1. The van der Waals surface area contributed by atoms with Crippen molar-refractivity contribution in [3.8, 4) is 0 Å². The normalized spacial score (nSPS) is 17.8. The Hall–Kier alpha value is -2.78. The van der Waals surface area contributed by atoms with Gasteiger partial charge in [0.15, 0.2) is 5.82 Å². The SMILES string of the molecule is Cc1cnc2c(S(=O)(=O)NC3CCCN(c4ncc[nH]c4=O)C3)cccc2c1. The summed E-state index contributed by atoms with van der Waals surface area (Å²) in [6, 6.07) is 6.73. The predicted molar refractivity (Wildman–Crippen MR) is 107 cm³/mol. The summed E-state index contributed by atoms with van der Waals surface area (Å²) in [5.74, 6) is 0.314. The average Bonchev–Trinajstić information content (AvgIpc) is 2.67. The van der Waals surface area contributed by atoms with Crippen LogP contribution in [0.5, 0.6) is 0 Å². The lowest BCUT2D eigenvalue weighted by Crippen LogP contribution is -2.49. The molecule has 1 aliphatic heterocycles. The van der Waals surface area contributed by atoms with Gasteiger partial charge in [-0.2, -0.15) is 0 Å². The molecule has 1 aromatic carbocycles. The molecular formula is C19H21N5O3S. The zero-order chi connectivity index (χ0) is 19.7. The standard InChI is InChI=1S/C19H21N5O3S/c1-13-10-14-4-2-6-16(17(14)22-11-13)28(26,27)23-15-5-3-9-24(12-15)18-19(25)21-8-7-20-18/h2,4,6-8,10-11,15,23H,3,5,9,12H2,1H3,(H,21,25). The number of para-hydroxylation sites is 1. The molecule has 2 N–H and O–H groups in total. The highest BCUT2D eigenvalue weighted by Crippen LogP contribution is 2.23. The molecule has 8 nitrogen and oxygen atoms in total. The molecule has 9 heteroatoms. The van der Waals surface area contributed by atoms with Gasteiger partial charge in [0.1, 0.15) is 4.90 Å². The summed E-state index contributed by atoms with van der Waals surface area (Å²) in [4.78, 5) is 25.1. The van der Waals surface area contributed by atoms with Gasteiger partial charge < -0.3 is 9.88 Å². The molecule has 1 aliphatic rings. The number of nitrogens with one attached hydrogen (secondary N) is 2. The van der Waals surface area contributed by atoms with Crippen molar-refractivity contribution in [1.29, 1.82) is 0 Å². The second-order valence-corrected chi connectivity index (χ2v) is 8.67. The van der Waals surface area contributed by atoms with Crippen LogP contribution in [-0.2, 0) is 10.0 Å². The van der Waals surface area contributed by atoms with E-state index in [4.69, 9.17) is 0 Å². The number of aromatic nitrogens is 3. The average molecular weight is 399 g/mol. The Bertz CT molecular complexity index is 1180. The van der Waals surface area contributed by atoms with Crippen LogP contribution >= 0.6 is 0 Å². The van der Waals surface area contributed by atoms with Crippen LogP contribution in [0.15, 0.2) is 52.5 Å². The Morgan fingerprint density at radius 2 is 2.14 bits per heavy atom. The minimum atomic E-state index is -3.76. The van der Waals surface area contributed by atoms with E-state index in [9.17, 15) is 13.2 Å². The lowest BCUT2D eigenvalue weighted by molar-refractivity contribution is 0.463. The van der Waals surface area contributed by atoms with Crippen LogP contribution in [0.3, 0.4) is 0 Å². The molecule has 3 aromatic rings. The fourth-order valence-electron chi connectivity index (χ4n) is 3.58. The van der Waals surface area contributed by atoms with Crippen molar-refractivity contribution in [2.75, 3.05) is 18.0 Å². The Morgan fingerprint density at radius 3 is 2.96 bits per heavy atom. The van der Waals surface area contributed by atoms with Crippen LogP contribution in [0.25, 0.3) is 10.9 Å². The third-order valence-corrected chi connectivity index (χ3v) is 6.38. The fourth-order valence-corrected chi connectivity index (χ4v) is 5.02. The summed E-state index contributed by atoms with van der Waals surface area (Å²) in [5, 5.41) is 0.785. The van der Waals surface area contributed by atoms with Gasteiger partial charge >= 0.3 is 0 Å². The lowest BCUT2D eigenvalue weighted by atomic mass is 10.1. The Kier molecular flexibility index (Phi) is 4.86. The summed E-state index contributed by atoms with van der Waals surface area (Å²) < 4.78 is 28.9. The van der Waals surface area contributed by atoms with E-state index in [-0.39, 0.29) is 16.5 Å². The molecular weight excluding hydrogens is 378 g/mol. The zero-order valence-corrected chi connectivity index (χ0v) is 16.2. The van der Waals surface area contributed by atoms with E-state index in [1.54, 1.807) is 18.3 Å². The highest BCUT2D eigenvalue weighted by Gasteiger charge is 2.28. The number of aromatic amines is 1. The second-order valence-electron chi connectivity index (χ2n) is 6.99. The Morgan fingerprint density at radius 1 is 1.29 bits per heavy atom. The van der Waals surface area contributed by atoms with E-state index >= 15 is 0 Å². The first-order valence-electron chi connectivity index (χ1n) is 9.10. The molecule has 146 valence electrons. The maximum atomic E-state index is 13.1. The minimum Gasteiger partial charge on any atom is -0.350 e. The van der Waals surface area contributed by atoms with E-state index < -0.39 is 10.0 Å². The number of nitrogens with zero attached hydrogens (tertiary/aromatic N) is 3. The van der Waals surface area contributed by atoms with Crippen molar-refractivity contribution in [3.05, 3.63) is 58.8 Å². The fraction of sp³-hybridized carbons (Fsp3) is 0.316. The van der Waals surface area contributed by atoms with E-state index in [1.165, 1.54) is 12.4 Å². The van der Waals surface area contributed by atoms with Crippen molar-refractivity contribution in [2.45, 2.75) is 30.7 Å². The summed E-state index contributed by atoms with van der Waals surface area (Å²) in [5.41, 5.74) is 1.15. The van der Waals surface area contributed by atoms with E-state index in [0.29, 0.717) is 30.8 Å². The molecule has 3 heterocycles. The molecule has 28 heavy (non-hydrogen) atoms. The predicted octanol–water partition coefficient (Wildman–Crippen LogP) is 1.57. The van der Waals surface area contributed by atoms with Gasteiger partial charge in [-0.25, -0.2) is 18.1 Å². The summed E-state index contributed by atoms with van der Waals surface area (Å²) >= 11 is 0. The van der Waals surface area contributed by atoms with Gasteiger partial charge in [0.2, 0.25) is 10.0 Å². The van der Waals surface area contributed by atoms with Gasteiger partial charge in [-0.05, 0) is 37.5 Å². The molecule has 1 atom stereocenters. The first-order chi connectivity index (χ1) is 13.4. The molecule has 0 bridgehead atoms. The number of anilines is 1. The van der Waals surface area contributed by atoms with Gasteiger partial charge in [0.25, 0.3) is 5.56 Å². The van der Waals surface area contributed by atoms with Gasteiger partial charge in [-0.3, -0.25) is 9.78 Å². The molecule has 4 rings (SSSR count). The third kappa shape index (κ3) is 3.63. The molecule has 1 unspecified atom stereocenters. The van der Waals surface area contributed by atoms with E-state index in [1.807, 2.05) is 24.0 Å². The molecule has 2 aromatic heterocycles. The van der Waals surface area contributed by atoms with Crippen molar-refractivity contribution in [2.24, 2.45) is 0 Å². The van der Waals surface area contributed by atoms with Gasteiger partial charge in [-0.1, -0.05) is 12.1 Å². The highest BCUT2D eigenvalue weighted by molar-refractivity contribution is 7.89. The molecule has 0 spiro atoms.